The van der Waals surface area contributed by atoms with Crippen LogP contribution in [-0.4, -0.2) is 31.8 Å². The molecule has 142 valence electrons. The summed E-state index contributed by atoms with van der Waals surface area (Å²) in [4.78, 5) is 13.1. The number of halogens is 2. The van der Waals surface area contributed by atoms with Gasteiger partial charge in [-0.25, -0.2) is 23.7 Å². The normalized spacial score (nSPS) is 15.6. The van der Waals surface area contributed by atoms with Crippen LogP contribution in [-0.2, 0) is 0 Å². The van der Waals surface area contributed by atoms with Crippen LogP contribution in [0, 0.1) is 0 Å². The van der Waals surface area contributed by atoms with Crippen molar-refractivity contribution in [1.82, 2.24) is 19.5 Å². The number of nitrogens with zero attached hydrogens (tertiary/aromatic N) is 4. The van der Waals surface area contributed by atoms with Gasteiger partial charge in [0.15, 0.2) is 11.0 Å². The predicted molar refractivity (Wildman–Crippen MR) is 104 cm³/mol. The van der Waals surface area contributed by atoms with Crippen molar-refractivity contribution >= 4 is 28.6 Å². The number of hydrogen-bond donors (Lipinski definition) is 1. The average molecular weight is 389 g/mol. The quantitative estimate of drug-likeness (QED) is 0.479. The number of imidazole rings is 1. The Morgan fingerprint density at radius 3 is 2.63 bits per heavy atom. The molecule has 3 aromatic rings. The van der Waals surface area contributed by atoms with Gasteiger partial charge in [0.2, 0.25) is 0 Å². The Bertz CT molecular complexity index is 937. The van der Waals surface area contributed by atoms with E-state index < -0.39 is 6.43 Å². The minimum Gasteiger partial charge on any atom is -0.367 e. The second kappa shape index (κ2) is 7.80. The van der Waals surface area contributed by atoms with E-state index in [9.17, 15) is 8.78 Å². The maximum absolute atomic E-state index is 13.7. The summed E-state index contributed by atoms with van der Waals surface area (Å²) in [6.45, 7) is 0. The first-order chi connectivity index (χ1) is 13.2. The molecule has 1 aliphatic carbocycles. The molecule has 1 fully saturated rings. The molecule has 2 heterocycles. The van der Waals surface area contributed by atoms with Crippen molar-refractivity contribution in [3.05, 3.63) is 36.2 Å². The van der Waals surface area contributed by atoms with Crippen LogP contribution in [0.25, 0.3) is 16.9 Å². The highest BCUT2D eigenvalue weighted by Gasteiger charge is 2.22. The summed E-state index contributed by atoms with van der Waals surface area (Å²) in [5, 5.41) is 4.01. The topological polar surface area (TPSA) is 55.6 Å². The Balaban J connectivity index is 1.80. The van der Waals surface area contributed by atoms with Crippen LogP contribution in [0.1, 0.15) is 44.4 Å². The third-order valence-corrected chi connectivity index (χ3v) is 5.39. The first-order valence-corrected chi connectivity index (χ1v) is 10.3. The first-order valence-electron chi connectivity index (χ1n) is 9.11. The summed E-state index contributed by atoms with van der Waals surface area (Å²) in [5.41, 5.74) is 1.14. The second-order valence-electron chi connectivity index (χ2n) is 6.67. The predicted octanol–water partition coefficient (Wildman–Crippen LogP) is 5.22. The molecule has 0 spiro atoms. The Labute approximate surface area is 160 Å². The van der Waals surface area contributed by atoms with Crippen LogP contribution in [0.2, 0.25) is 0 Å². The maximum atomic E-state index is 13.7. The van der Waals surface area contributed by atoms with E-state index in [1.807, 2.05) is 12.3 Å². The zero-order chi connectivity index (χ0) is 18.8. The number of thioether (sulfide) groups is 1. The van der Waals surface area contributed by atoms with E-state index in [0.717, 1.165) is 12.8 Å². The number of para-hydroxylation sites is 2. The summed E-state index contributed by atoms with van der Waals surface area (Å²) >= 11 is 1.39. The van der Waals surface area contributed by atoms with Crippen LogP contribution in [0.5, 0.6) is 0 Å². The molecule has 0 atom stereocenters. The van der Waals surface area contributed by atoms with Crippen LogP contribution in [0.15, 0.2) is 35.5 Å². The minimum absolute atomic E-state index is 0.300. The molecule has 0 saturated heterocycles. The van der Waals surface area contributed by atoms with Gasteiger partial charge < -0.3 is 5.32 Å². The molecular formula is C19H21F2N5S. The molecule has 0 radical (unpaired) electrons. The smallest absolute Gasteiger partial charge is 0.296 e. The second-order valence-corrected chi connectivity index (χ2v) is 7.45. The molecule has 2 aromatic heterocycles. The molecule has 1 aliphatic rings. The molecule has 1 aromatic carbocycles. The van der Waals surface area contributed by atoms with Crippen molar-refractivity contribution in [3.8, 4) is 5.82 Å². The Hall–Kier alpha value is -2.22. The molecule has 0 aliphatic heterocycles. The number of nitrogens with one attached hydrogen (secondary N) is 1. The zero-order valence-electron chi connectivity index (χ0n) is 15.0. The van der Waals surface area contributed by atoms with Gasteiger partial charge >= 0.3 is 0 Å². The van der Waals surface area contributed by atoms with Gasteiger partial charge in [0.25, 0.3) is 6.43 Å². The molecule has 27 heavy (non-hydrogen) atoms. The highest BCUT2D eigenvalue weighted by molar-refractivity contribution is 7.98. The number of aromatic nitrogens is 4. The molecule has 1 N–H and O–H groups in total. The Morgan fingerprint density at radius 2 is 1.89 bits per heavy atom. The average Bonchev–Trinajstić information content (AvgIpc) is 3.08. The number of anilines is 1. The maximum Gasteiger partial charge on any atom is 0.296 e. The highest BCUT2D eigenvalue weighted by atomic mass is 32.2. The van der Waals surface area contributed by atoms with E-state index in [4.69, 9.17) is 0 Å². The van der Waals surface area contributed by atoms with E-state index in [0.29, 0.717) is 33.9 Å². The van der Waals surface area contributed by atoms with Gasteiger partial charge in [0, 0.05) is 12.1 Å². The van der Waals surface area contributed by atoms with Crippen molar-refractivity contribution in [1.29, 1.82) is 0 Å². The van der Waals surface area contributed by atoms with Crippen molar-refractivity contribution in [3.63, 3.8) is 0 Å². The van der Waals surface area contributed by atoms with Gasteiger partial charge in [0.05, 0.1) is 11.0 Å². The van der Waals surface area contributed by atoms with Crippen molar-refractivity contribution in [2.45, 2.75) is 49.7 Å². The van der Waals surface area contributed by atoms with E-state index in [2.05, 4.69) is 20.3 Å². The number of rotatable bonds is 5. The summed E-state index contributed by atoms with van der Waals surface area (Å²) in [5.74, 6) is 0.788. The molecule has 8 heteroatoms. The first kappa shape index (κ1) is 18.2. The van der Waals surface area contributed by atoms with E-state index in [1.54, 1.807) is 24.3 Å². The lowest BCUT2D eigenvalue weighted by molar-refractivity contribution is 0.139. The van der Waals surface area contributed by atoms with Crippen molar-refractivity contribution in [2.24, 2.45) is 0 Å². The molecule has 0 unspecified atom stereocenters. The fourth-order valence-electron chi connectivity index (χ4n) is 3.58. The number of benzene rings is 1. The Morgan fingerprint density at radius 1 is 1.11 bits per heavy atom. The third kappa shape index (κ3) is 3.76. The molecular weight excluding hydrogens is 368 g/mol. The van der Waals surface area contributed by atoms with E-state index in [1.165, 1.54) is 35.6 Å². The van der Waals surface area contributed by atoms with Gasteiger partial charge in [-0.15, -0.1) is 0 Å². The lowest BCUT2D eigenvalue weighted by Crippen LogP contribution is -2.23. The standard InChI is InChI=1S/C19H21F2N5S/c1-27-19-24-15(22-12-7-3-2-4-8-12)11-16(25-19)26-14-10-6-5-9-13(14)23-18(26)17(20)21/h5-6,9-12,17H,2-4,7-8H2,1H3,(H,22,24,25). The highest BCUT2D eigenvalue weighted by Crippen LogP contribution is 2.29. The molecule has 1 saturated carbocycles. The van der Waals surface area contributed by atoms with E-state index in [-0.39, 0.29) is 5.82 Å². The molecule has 5 nitrogen and oxygen atoms in total. The molecule has 4 rings (SSSR count). The fourth-order valence-corrected chi connectivity index (χ4v) is 3.95. The van der Waals surface area contributed by atoms with Crippen LogP contribution in [0.3, 0.4) is 0 Å². The van der Waals surface area contributed by atoms with Gasteiger partial charge in [-0.3, -0.25) is 4.57 Å². The number of fused-ring (bicyclic) bond motifs is 1. The van der Waals surface area contributed by atoms with Crippen LogP contribution >= 0.6 is 11.8 Å². The molecule has 0 amide bonds. The van der Waals surface area contributed by atoms with Crippen molar-refractivity contribution in [2.75, 3.05) is 11.6 Å². The van der Waals surface area contributed by atoms with E-state index >= 15 is 0 Å². The fraction of sp³-hybridized carbons (Fsp3) is 0.421. The third-order valence-electron chi connectivity index (χ3n) is 4.84. The SMILES string of the molecule is CSc1nc(NC2CCCCC2)cc(-n2c(C(F)F)nc3ccccc32)n1. The summed E-state index contributed by atoms with van der Waals surface area (Å²) in [6.07, 6.45) is 5.05. The van der Waals surface area contributed by atoms with Gasteiger partial charge in [-0.2, -0.15) is 0 Å². The van der Waals surface area contributed by atoms with Gasteiger partial charge in [-0.1, -0.05) is 43.2 Å². The minimum atomic E-state index is -2.69. The monoisotopic (exact) mass is 389 g/mol. The summed E-state index contributed by atoms with van der Waals surface area (Å²) < 4.78 is 28.8. The number of hydrogen-bond acceptors (Lipinski definition) is 5. The van der Waals surface area contributed by atoms with Crippen LogP contribution in [0.4, 0.5) is 14.6 Å². The van der Waals surface area contributed by atoms with Gasteiger partial charge in [-0.05, 0) is 31.2 Å². The molecule has 0 bridgehead atoms. The zero-order valence-corrected chi connectivity index (χ0v) is 15.8. The van der Waals surface area contributed by atoms with Crippen LogP contribution < -0.4 is 5.32 Å². The van der Waals surface area contributed by atoms with Gasteiger partial charge in [0.1, 0.15) is 11.6 Å². The Kier molecular flexibility index (Phi) is 5.24. The summed E-state index contributed by atoms with van der Waals surface area (Å²) in [6, 6.07) is 9.23. The largest absolute Gasteiger partial charge is 0.367 e. The van der Waals surface area contributed by atoms with Crippen molar-refractivity contribution < 1.29 is 8.78 Å². The summed E-state index contributed by atoms with van der Waals surface area (Å²) in [7, 11) is 0. The lowest BCUT2D eigenvalue weighted by atomic mass is 9.95. The lowest BCUT2D eigenvalue weighted by Gasteiger charge is -2.23. The number of alkyl halides is 2.